The second-order valence-corrected chi connectivity index (χ2v) is 17.4. The number of hydrogen-bond donors (Lipinski definition) is 0. The van der Waals surface area contributed by atoms with E-state index in [1.807, 2.05) is 0 Å². The molecule has 1 heterocycles. The molecule has 12 aromatic rings. The van der Waals surface area contributed by atoms with Gasteiger partial charge in [-0.05, 0) is 133 Å². The first-order valence-electron chi connectivity index (χ1n) is 23.3. The Kier molecular flexibility index (Phi) is 10.6. The lowest BCUT2D eigenvalue weighted by Gasteiger charge is -2.26. The summed E-state index contributed by atoms with van der Waals surface area (Å²) in [6.07, 6.45) is 0. The molecule has 0 aliphatic heterocycles. The highest BCUT2D eigenvalue weighted by atomic mass is 15.1. The van der Waals surface area contributed by atoms with E-state index < -0.39 is 0 Å². The molecule has 2 heteroatoms. The first-order chi connectivity index (χ1) is 33.7. The Bertz CT molecular complexity index is 3510. The van der Waals surface area contributed by atoms with Crippen molar-refractivity contribution in [2.45, 2.75) is 0 Å². The zero-order valence-electron chi connectivity index (χ0n) is 37.5. The molecule has 0 amide bonds. The van der Waals surface area contributed by atoms with Crippen LogP contribution in [0.5, 0.6) is 0 Å². The molecule has 0 aliphatic carbocycles. The minimum absolute atomic E-state index is 1.09. The molecule has 0 atom stereocenters. The molecule has 1 aromatic heterocycles. The number of nitrogens with zero attached hydrogens (tertiary/aromatic N) is 2. The largest absolute Gasteiger partial charge is 0.311 e. The van der Waals surface area contributed by atoms with Crippen LogP contribution in [0.25, 0.3) is 94.3 Å². The molecule has 0 unspecified atom stereocenters. The van der Waals surface area contributed by atoms with Gasteiger partial charge in [-0.2, -0.15) is 0 Å². The predicted molar refractivity (Wildman–Crippen MR) is 288 cm³/mol. The maximum absolute atomic E-state index is 2.39. The summed E-state index contributed by atoms with van der Waals surface area (Å²) in [6.45, 7) is 0. The molecule has 68 heavy (non-hydrogen) atoms. The van der Waals surface area contributed by atoms with E-state index in [-0.39, 0.29) is 0 Å². The van der Waals surface area contributed by atoms with Gasteiger partial charge in [-0.25, -0.2) is 0 Å². The van der Waals surface area contributed by atoms with Crippen molar-refractivity contribution in [3.05, 3.63) is 279 Å². The fraction of sp³-hybridized carbons (Fsp3) is 0. The van der Waals surface area contributed by atoms with E-state index in [0.29, 0.717) is 0 Å². The maximum atomic E-state index is 2.39. The van der Waals surface area contributed by atoms with Gasteiger partial charge in [0.05, 0.1) is 11.0 Å². The highest BCUT2D eigenvalue weighted by Gasteiger charge is 2.17. The first kappa shape index (κ1) is 40.5. The number of aromatic nitrogens is 1. The zero-order valence-corrected chi connectivity index (χ0v) is 37.5. The van der Waals surface area contributed by atoms with Crippen molar-refractivity contribution in [3.8, 4) is 72.4 Å². The Labute approximate surface area is 397 Å². The van der Waals surface area contributed by atoms with Crippen molar-refractivity contribution in [1.29, 1.82) is 0 Å². The second-order valence-electron chi connectivity index (χ2n) is 17.4. The van der Waals surface area contributed by atoms with Crippen LogP contribution >= 0.6 is 0 Å². The van der Waals surface area contributed by atoms with Gasteiger partial charge in [0, 0.05) is 33.5 Å². The van der Waals surface area contributed by atoms with E-state index in [4.69, 9.17) is 0 Å². The molecule has 2 nitrogen and oxygen atoms in total. The molecule has 12 rings (SSSR count). The summed E-state index contributed by atoms with van der Waals surface area (Å²) in [5.41, 5.74) is 21.2. The third kappa shape index (κ3) is 7.85. The topological polar surface area (TPSA) is 8.17 Å². The van der Waals surface area contributed by atoms with Gasteiger partial charge in [-0.3, -0.25) is 0 Å². The summed E-state index contributed by atoms with van der Waals surface area (Å²) in [5.74, 6) is 0. The number of hydrogen-bond acceptors (Lipinski definition) is 1. The van der Waals surface area contributed by atoms with Crippen molar-refractivity contribution >= 4 is 38.9 Å². The van der Waals surface area contributed by atoms with Gasteiger partial charge in [0.2, 0.25) is 0 Å². The third-order valence-electron chi connectivity index (χ3n) is 13.3. The van der Waals surface area contributed by atoms with Gasteiger partial charge < -0.3 is 9.47 Å². The summed E-state index contributed by atoms with van der Waals surface area (Å²) in [4.78, 5) is 2.36. The summed E-state index contributed by atoms with van der Waals surface area (Å²) in [7, 11) is 0. The van der Waals surface area contributed by atoms with E-state index in [1.54, 1.807) is 0 Å². The van der Waals surface area contributed by atoms with E-state index in [9.17, 15) is 0 Å². The fourth-order valence-electron chi connectivity index (χ4n) is 9.69. The molecular weight excluding hydrogens is 821 g/mol. The Morgan fingerprint density at radius 1 is 0.206 bits per heavy atom. The Hall–Kier alpha value is -8.98. The van der Waals surface area contributed by atoms with Gasteiger partial charge in [0.15, 0.2) is 0 Å². The van der Waals surface area contributed by atoms with Gasteiger partial charge >= 0.3 is 0 Å². The average Bonchev–Trinajstić information content (AvgIpc) is 3.76. The highest BCUT2D eigenvalue weighted by Crippen LogP contribution is 2.40. The summed E-state index contributed by atoms with van der Waals surface area (Å²) < 4.78 is 2.39. The Balaban J connectivity index is 0.873. The Morgan fingerprint density at radius 2 is 0.485 bits per heavy atom. The lowest BCUT2D eigenvalue weighted by molar-refractivity contribution is 1.18. The monoisotopic (exact) mass is 866 g/mol. The van der Waals surface area contributed by atoms with E-state index in [0.717, 1.165) is 22.7 Å². The van der Waals surface area contributed by atoms with Crippen LogP contribution < -0.4 is 4.90 Å². The van der Waals surface area contributed by atoms with E-state index >= 15 is 0 Å². The van der Waals surface area contributed by atoms with Gasteiger partial charge in [-0.15, -0.1) is 0 Å². The molecule has 0 aliphatic rings. The van der Waals surface area contributed by atoms with Crippen molar-refractivity contribution < 1.29 is 0 Å². The molecule has 0 spiro atoms. The van der Waals surface area contributed by atoms with Crippen LogP contribution in [0, 0.1) is 0 Å². The lowest BCUT2D eigenvalue weighted by atomic mass is 9.99. The van der Waals surface area contributed by atoms with Crippen LogP contribution in [0.3, 0.4) is 0 Å². The molecule has 0 bridgehead atoms. The Morgan fingerprint density at radius 3 is 0.882 bits per heavy atom. The molecular formula is C66H46N2. The van der Waals surface area contributed by atoms with Crippen molar-refractivity contribution in [3.63, 3.8) is 0 Å². The maximum Gasteiger partial charge on any atom is 0.0541 e. The zero-order chi connectivity index (χ0) is 45.2. The molecule has 11 aromatic carbocycles. The fourth-order valence-corrected chi connectivity index (χ4v) is 9.69. The number of anilines is 3. The van der Waals surface area contributed by atoms with Crippen LogP contribution in [0.1, 0.15) is 0 Å². The SMILES string of the molecule is c1ccc(-c2ccc(-c3ccc(N(c4ccc(-c5ccc(-c6ccccc6)cc5)cc4)c4ccc(-c5ccc6c(c5)c5ccccc5n6-c5ccc(-c6ccccc6)cc5)cc4)cc3)cc2)cc1. The first-order valence-corrected chi connectivity index (χ1v) is 23.3. The van der Waals surface area contributed by atoms with E-state index in [2.05, 4.69) is 289 Å². The third-order valence-corrected chi connectivity index (χ3v) is 13.3. The van der Waals surface area contributed by atoms with Gasteiger partial charge in [0.1, 0.15) is 0 Å². The van der Waals surface area contributed by atoms with Crippen LogP contribution in [-0.4, -0.2) is 4.57 Å². The minimum atomic E-state index is 1.09. The summed E-state index contributed by atoms with van der Waals surface area (Å²) in [6, 6.07) is 101. The lowest BCUT2D eigenvalue weighted by Crippen LogP contribution is -2.09. The number of para-hydroxylation sites is 1. The van der Waals surface area contributed by atoms with Crippen molar-refractivity contribution in [2.24, 2.45) is 0 Å². The standard InChI is InChI=1S/C66H46N2/c1-4-12-47(13-5-1)50-20-24-52(25-21-50)55-28-37-59(38-29-55)67(60-39-30-56(31-40-60)53-26-22-51(23-27-53)48-14-6-2-7-15-48)61-41-34-57(35-42-61)58-36-45-66-64(46-58)63-18-10-11-19-65(63)68(66)62-43-32-54(33-44-62)49-16-8-3-9-17-49/h1-46H. The summed E-state index contributed by atoms with van der Waals surface area (Å²) in [5, 5.41) is 2.48. The summed E-state index contributed by atoms with van der Waals surface area (Å²) >= 11 is 0. The minimum Gasteiger partial charge on any atom is -0.311 e. The smallest absolute Gasteiger partial charge is 0.0541 e. The number of benzene rings is 11. The molecule has 0 saturated heterocycles. The van der Waals surface area contributed by atoms with Crippen LogP contribution in [-0.2, 0) is 0 Å². The van der Waals surface area contributed by atoms with Crippen LogP contribution in [0.15, 0.2) is 279 Å². The van der Waals surface area contributed by atoms with Crippen LogP contribution in [0.4, 0.5) is 17.1 Å². The molecule has 0 saturated carbocycles. The van der Waals surface area contributed by atoms with Gasteiger partial charge in [-0.1, -0.05) is 212 Å². The molecule has 320 valence electrons. The second kappa shape index (κ2) is 17.8. The van der Waals surface area contributed by atoms with Gasteiger partial charge in [0.25, 0.3) is 0 Å². The number of rotatable bonds is 10. The normalized spacial score (nSPS) is 11.2. The van der Waals surface area contributed by atoms with Crippen LogP contribution in [0.2, 0.25) is 0 Å². The number of fused-ring (bicyclic) bond motifs is 3. The molecule has 0 N–H and O–H groups in total. The average molecular weight is 867 g/mol. The van der Waals surface area contributed by atoms with Crippen molar-refractivity contribution in [1.82, 2.24) is 4.57 Å². The molecule has 0 radical (unpaired) electrons. The van der Waals surface area contributed by atoms with Crippen molar-refractivity contribution in [2.75, 3.05) is 4.90 Å². The van der Waals surface area contributed by atoms with E-state index in [1.165, 1.54) is 88.6 Å². The predicted octanol–water partition coefficient (Wildman–Crippen LogP) is 18.3. The highest BCUT2D eigenvalue weighted by molar-refractivity contribution is 6.10. The quantitative estimate of drug-likeness (QED) is 0.133. The molecule has 0 fully saturated rings.